The molecule has 0 saturated heterocycles. The van der Waals surface area contributed by atoms with Crippen molar-refractivity contribution in [1.82, 2.24) is 4.98 Å². The van der Waals surface area contributed by atoms with Crippen molar-refractivity contribution in [2.45, 2.75) is 62.5 Å². The van der Waals surface area contributed by atoms with E-state index in [-0.39, 0.29) is 11.5 Å². The third kappa shape index (κ3) is 5.75. The SMILES string of the molecule is Cc1nc(/C=C(\F)[C@H](CC(O)I)O[Si](C)(C)C(C)(C)C)co1. The fourth-order valence-electron chi connectivity index (χ4n) is 1.61. The fraction of sp³-hybridized carbons (Fsp3) is 0.667. The number of alkyl halides is 1. The number of halogens is 2. The number of rotatable bonds is 6. The van der Waals surface area contributed by atoms with Crippen LogP contribution in [0.15, 0.2) is 16.5 Å². The predicted octanol–water partition coefficient (Wildman–Crippen LogP) is 4.83. The molecule has 0 saturated carbocycles. The lowest BCUT2D eigenvalue weighted by molar-refractivity contribution is 0.141. The maximum absolute atomic E-state index is 14.6. The summed E-state index contributed by atoms with van der Waals surface area (Å²) in [5, 5.41) is 9.60. The second-order valence-corrected chi connectivity index (χ2v) is 13.1. The van der Waals surface area contributed by atoms with E-state index in [4.69, 9.17) is 8.84 Å². The predicted molar refractivity (Wildman–Crippen MR) is 97.0 cm³/mol. The van der Waals surface area contributed by atoms with Gasteiger partial charge in [-0.25, -0.2) is 9.37 Å². The lowest BCUT2D eigenvalue weighted by Crippen LogP contribution is -2.44. The molecule has 0 bridgehead atoms. The van der Waals surface area contributed by atoms with Gasteiger partial charge >= 0.3 is 0 Å². The van der Waals surface area contributed by atoms with E-state index >= 15 is 0 Å². The van der Waals surface area contributed by atoms with Gasteiger partial charge in [-0.3, -0.25) is 0 Å². The topological polar surface area (TPSA) is 55.5 Å². The van der Waals surface area contributed by atoms with Crippen LogP contribution in [0.1, 0.15) is 38.8 Å². The molecule has 1 aromatic heterocycles. The van der Waals surface area contributed by atoms with Crippen LogP contribution >= 0.6 is 22.6 Å². The molecule has 0 amide bonds. The first-order valence-electron chi connectivity index (χ1n) is 7.21. The number of nitrogens with zero attached hydrogens (tertiary/aromatic N) is 1. The quantitative estimate of drug-likeness (QED) is 0.391. The van der Waals surface area contributed by atoms with Crippen molar-refractivity contribution in [1.29, 1.82) is 0 Å². The van der Waals surface area contributed by atoms with Crippen LogP contribution in [0.25, 0.3) is 6.08 Å². The van der Waals surface area contributed by atoms with E-state index in [0.717, 1.165) is 0 Å². The smallest absolute Gasteiger partial charge is 0.193 e. The molecule has 22 heavy (non-hydrogen) atoms. The van der Waals surface area contributed by atoms with Gasteiger partial charge in [0.25, 0.3) is 0 Å². The number of oxazole rings is 1. The Hall–Kier alpha value is -0.253. The zero-order chi connectivity index (χ0) is 17.1. The van der Waals surface area contributed by atoms with Gasteiger partial charge in [-0.2, -0.15) is 0 Å². The van der Waals surface area contributed by atoms with Crippen molar-refractivity contribution in [3.8, 4) is 0 Å². The summed E-state index contributed by atoms with van der Waals surface area (Å²) in [5.41, 5.74) is 0.418. The van der Waals surface area contributed by atoms with Crippen molar-refractivity contribution in [2.24, 2.45) is 0 Å². The standard InChI is InChI=1S/C15H25FINO3Si/c1-10-18-11(9-20-10)7-12(16)13(8-14(17)19)21-22(5,6)15(2,3)4/h7,9,13-14,19H,8H2,1-6H3/b12-7-/t13-,14?/m0/s1. The van der Waals surface area contributed by atoms with E-state index in [0.29, 0.717) is 11.6 Å². The molecular formula is C15H25FINO3Si. The molecule has 0 aliphatic rings. The van der Waals surface area contributed by atoms with Crippen LogP contribution in [0.5, 0.6) is 0 Å². The molecule has 2 atom stereocenters. The molecule has 0 fully saturated rings. The third-order valence-corrected chi connectivity index (χ3v) is 8.88. The Labute approximate surface area is 146 Å². The number of aliphatic hydroxyl groups excluding tert-OH is 1. The summed E-state index contributed by atoms with van der Waals surface area (Å²) in [6.45, 7) is 12.1. The van der Waals surface area contributed by atoms with Crippen LogP contribution in [0.3, 0.4) is 0 Å². The first kappa shape index (κ1) is 19.8. The number of hydrogen-bond acceptors (Lipinski definition) is 4. The molecule has 0 aliphatic carbocycles. The van der Waals surface area contributed by atoms with Crippen LogP contribution in [0.4, 0.5) is 4.39 Å². The maximum Gasteiger partial charge on any atom is 0.193 e. The summed E-state index contributed by atoms with van der Waals surface area (Å²) >= 11 is 1.86. The van der Waals surface area contributed by atoms with Gasteiger partial charge in [0.15, 0.2) is 14.2 Å². The Morgan fingerprint density at radius 2 is 2.14 bits per heavy atom. The third-order valence-electron chi connectivity index (χ3n) is 3.88. The second kappa shape index (κ2) is 7.54. The molecule has 0 radical (unpaired) electrons. The monoisotopic (exact) mass is 441 g/mol. The first-order valence-corrected chi connectivity index (χ1v) is 11.4. The molecular weight excluding hydrogens is 416 g/mol. The van der Waals surface area contributed by atoms with Gasteiger partial charge in [0.05, 0.1) is 0 Å². The van der Waals surface area contributed by atoms with Crippen LogP contribution in [-0.2, 0) is 4.43 Å². The summed E-state index contributed by atoms with van der Waals surface area (Å²) in [6.07, 6.45) is 2.14. The summed E-state index contributed by atoms with van der Waals surface area (Å²) in [5.74, 6) is 0.0451. The van der Waals surface area contributed by atoms with Crippen molar-refractivity contribution >= 4 is 37.0 Å². The molecule has 1 unspecified atom stereocenters. The number of hydrogen-bond donors (Lipinski definition) is 1. The van der Waals surface area contributed by atoms with E-state index in [1.165, 1.54) is 12.3 Å². The fourth-order valence-corrected chi connectivity index (χ4v) is 3.34. The van der Waals surface area contributed by atoms with Crippen molar-refractivity contribution in [2.75, 3.05) is 0 Å². The van der Waals surface area contributed by atoms with Gasteiger partial charge in [0.2, 0.25) is 0 Å². The van der Waals surface area contributed by atoms with Gasteiger partial charge in [-0.05, 0) is 18.1 Å². The number of aliphatic hydroxyl groups is 1. The molecule has 4 nitrogen and oxygen atoms in total. The van der Waals surface area contributed by atoms with Gasteiger partial charge in [0.1, 0.15) is 28.0 Å². The average molecular weight is 441 g/mol. The highest BCUT2D eigenvalue weighted by Gasteiger charge is 2.40. The van der Waals surface area contributed by atoms with Crippen molar-refractivity contribution < 1.29 is 18.3 Å². The molecule has 7 heteroatoms. The molecule has 1 aromatic rings. The lowest BCUT2D eigenvalue weighted by atomic mass is 10.2. The van der Waals surface area contributed by atoms with Crippen molar-refractivity contribution in [3.63, 3.8) is 0 Å². The second-order valence-electron chi connectivity index (χ2n) is 6.86. The Kier molecular flexibility index (Phi) is 6.79. The van der Waals surface area contributed by atoms with Gasteiger partial charge < -0.3 is 13.9 Å². The first-order chi connectivity index (χ1) is 9.92. The van der Waals surface area contributed by atoms with Crippen LogP contribution in [0, 0.1) is 6.92 Å². The Balaban J connectivity index is 3.00. The maximum atomic E-state index is 14.6. The zero-order valence-corrected chi connectivity index (χ0v) is 17.1. The number of aromatic nitrogens is 1. The molecule has 1 heterocycles. The Morgan fingerprint density at radius 1 is 1.55 bits per heavy atom. The summed E-state index contributed by atoms with van der Waals surface area (Å²) in [4.78, 5) is 4.07. The molecule has 1 rings (SSSR count). The highest BCUT2D eigenvalue weighted by molar-refractivity contribution is 14.1. The summed E-state index contributed by atoms with van der Waals surface area (Å²) in [6, 6.07) is 0. The highest BCUT2D eigenvalue weighted by Crippen LogP contribution is 2.39. The Morgan fingerprint density at radius 3 is 2.55 bits per heavy atom. The van der Waals surface area contributed by atoms with Crippen LogP contribution < -0.4 is 0 Å². The normalized spacial score (nSPS) is 16.7. The molecule has 0 aliphatic heterocycles. The van der Waals surface area contributed by atoms with E-state index in [1.54, 1.807) is 6.92 Å². The molecule has 1 N–H and O–H groups in total. The van der Waals surface area contributed by atoms with Crippen molar-refractivity contribution in [3.05, 3.63) is 23.7 Å². The summed E-state index contributed by atoms with van der Waals surface area (Å²) < 4.78 is 25.1. The minimum atomic E-state index is -2.15. The minimum Gasteiger partial charge on any atom is -0.449 e. The van der Waals surface area contributed by atoms with E-state index in [2.05, 4.69) is 38.8 Å². The molecule has 0 spiro atoms. The summed E-state index contributed by atoms with van der Waals surface area (Å²) in [7, 11) is -2.15. The van der Waals surface area contributed by atoms with E-state index in [1.807, 2.05) is 22.6 Å². The van der Waals surface area contributed by atoms with Crippen LogP contribution in [-0.4, -0.2) is 28.6 Å². The lowest BCUT2D eigenvalue weighted by Gasteiger charge is -2.39. The van der Waals surface area contributed by atoms with Gasteiger partial charge in [-0.1, -0.05) is 43.4 Å². The van der Waals surface area contributed by atoms with Gasteiger partial charge in [0, 0.05) is 19.4 Å². The molecule has 0 aromatic carbocycles. The van der Waals surface area contributed by atoms with E-state index < -0.39 is 24.4 Å². The number of aryl methyl sites for hydroxylation is 1. The van der Waals surface area contributed by atoms with Crippen LogP contribution in [0.2, 0.25) is 18.1 Å². The Bertz CT molecular complexity index is 523. The minimum absolute atomic E-state index is 0.0355. The zero-order valence-electron chi connectivity index (χ0n) is 14.0. The van der Waals surface area contributed by atoms with Gasteiger partial charge in [-0.15, -0.1) is 0 Å². The molecule has 126 valence electrons. The van der Waals surface area contributed by atoms with E-state index in [9.17, 15) is 9.50 Å². The largest absolute Gasteiger partial charge is 0.449 e. The highest BCUT2D eigenvalue weighted by atomic mass is 127. The average Bonchev–Trinajstić information content (AvgIpc) is 2.71.